The third kappa shape index (κ3) is 3.32. The fraction of sp³-hybridized carbons (Fsp3) is 0. The molecule has 0 saturated carbocycles. The van der Waals surface area contributed by atoms with Crippen LogP contribution in [0.5, 0.6) is 0 Å². The topological polar surface area (TPSA) is 0 Å². The van der Waals surface area contributed by atoms with E-state index in [9.17, 15) is 0 Å². The maximum absolute atomic E-state index is 4.38. The number of hydrogen-bond donors (Lipinski definition) is 0. The SMILES string of the molecule is c1ccc([S][Sb]([c]2ccccc2)([c]2ccccc2)([c]2ccccc2)[c]2ccccc2)cc1. The van der Waals surface area contributed by atoms with Gasteiger partial charge in [0, 0.05) is 0 Å². The van der Waals surface area contributed by atoms with E-state index in [1.54, 1.807) is 0 Å². The molecule has 0 aromatic heterocycles. The Labute approximate surface area is 194 Å². The first-order valence-corrected chi connectivity index (χ1v) is 19.8. The van der Waals surface area contributed by atoms with Crippen LogP contribution in [0.15, 0.2) is 157 Å². The van der Waals surface area contributed by atoms with Gasteiger partial charge in [-0.2, -0.15) is 0 Å². The fourth-order valence-corrected chi connectivity index (χ4v) is 30.9. The predicted molar refractivity (Wildman–Crippen MR) is 142 cm³/mol. The summed E-state index contributed by atoms with van der Waals surface area (Å²) >= 11 is -4.38. The summed E-state index contributed by atoms with van der Waals surface area (Å²) in [4.78, 5) is 1.30. The predicted octanol–water partition coefficient (Wildman–Crippen LogP) is 5.31. The van der Waals surface area contributed by atoms with Gasteiger partial charge in [0.05, 0.1) is 0 Å². The van der Waals surface area contributed by atoms with Crippen LogP contribution < -0.4 is 14.0 Å². The molecule has 0 amide bonds. The van der Waals surface area contributed by atoms with Crippen molar-refractivity contribution in [3.63, 3.8) is 0 Å². The van der Waals surface area contributed by atoms with Crippen LogP contribution in [0.3, 0.4) is 0 Å². The van der Waals surface area contributed by atoms with Gasteiger partial charge in [0.1, 0.15) is 0 Å². The minimum atomic E-state index is -4.38. The van der Waals surface area contributed by atoms with Crippen molar-refractivity contribution in [3.8, 4) is 0 Å². The molecule has 0 atom stereocenters. The van der Waals surface area contributed by atoms with Crippen LogP contribution in [-0.4, -0.2) is 16.0 Å². The minimum absolute atomic E-state index is 1.30. The van der Waals surface area contributed by atoms with Gasteiger partial charge in [0.25, 0.3) is 0 Å². The zero-order valence-corrected chi connectivity index (χ0v) is 21.2. The molecule has 32 heavy (non-hydrogen) atoms. The van der Waals surface area contributed by atoms with Crippen molar-refractivity contribution in [1.82, 2.24) is 0 Å². The molecule has 0 aliphatic rings. The van der Waals surface area contributed by atoms with Crippen LogP contribution >= 0.6 is 8.85 Å². The third-order valence-electron chi connectivity index (χ3n) is 6.03. The molecule has 0 aliphatic heterocycles. The van der Waals surface area contributed by atoms with Gasteiger partial charge in [-0.25, -0.2) is 0 Å². The van der Waals surface area contributed by atoms with E-state index in [0.717, 1.165) is 0 Å². The molecule has 2 heteroatoms. The van der Waals surface area contributed by atoms with Gasteiger partial charge in [0.2, 0.25) is 0 Å². The molecule has 0 heterocycles. The second-order valence-corrected chi connectivity index (χ2v) is 26.7. The average molecular weight is 539 g/mol. The molecule has 0 N–H and O–H groups in total. The molecule has 0 bridgehead atoms. The van der Waals surface area contributed by atoms with Crippen LogP contribution in [0, 0.1) is 0 Å². The number of hydrogen-bond acceptors (Lipinski definition) is 1. The second kappa shape index (κ2) is 9.02. The summed E-state index contributed by atoms with van der Waals surface area (Å²) in [5.74, 6) is 0. The van der Waals surface area contributed by atoms with E-state index in [-0.39, 0.29) is 0 Å². The van der Waals surface area contributed by atoms with Crippen molar-refractivity contribution in [2.75, 3.05) is 0 Å². The van der Waals surface area contributed by atoms with Crippen LogP contribution in [0.4, 0.5) is 0 Å². The van der Waals surface area contributed by atoms with Crippen molar-refractivity contribution in [1.29, 1.82) is 0 Å². The summed E-state index contributed by atoms with van der Waals surface area (Å²) in [6, 6.07) is 55.8. The molecule has 156 valence electrons. The maximum atomic E-state index is 2.35. The van der Waals surface area contributed by atoms with E-state index in [4.69, 9.17) is 0 Å². The van der Waals surface area contributed by atoms with Gasteiger partial charge >= 0.3 is 195 Å². The first-order chi connectivity index (χ1) is 15.8. The number of benzene rings is 5. The third-order valence-corrected chi connectivity index (χ3v) is 32.1. The van der Waals surface area contributed by atoms with Crippen molar-refractivity contribution in [2.45, 2.75) is 4.90 Å². The van der Waals surface area contributed by atoms with E-state index >= 15 is 0 Å². The molecule has 0 radical (unpaired) electrons. The van der Waals surface area contributed by atoms with Gasteiger partial charge in [-0.3, -0.25) is 0 Å². The summed E-state index contributed by atoms with van der Waals surface area (Å²) in [6.45, 7) is 0. The Kier molecular flexibility index (Phi) is 5.96. The van der Waals surface area contributed by atoms with Crippen molar-refractivity contribution in [3.05, 3.63) is 152 Å². The van der Waals surface area contributed by atoms with E-state index < -0.39 is 16.0 Å². The molecular weight excluding hydrogens is 514 g/mol. The quantitative estimate of drug-likeness (QED) is 0.264. The molecule has 5 rings (SSSR count). The Balaban J connectivity index is 2.04. The summed E-state index contributed by atoms with van der Waals surface area (Å²) in [6.07, 6.45) is 0. The molecule has 0 fully saturated rings. The zero-order valence-electron chi connectivity index (χ0n) is 17.8. The average Bonchev–Trinajstić information content (AvgIpc) is 2.90. The monoisotopic (exact) mass is 538 g/mol. The summed E-state index contributed by atoms with van der Waals surface area (Å²) in [5, 5.41) is 0. The first kappa shape index (κ1) is 21.1. The second-order valence-electron chi connectivity index (χ2n) is 7.78. The van der Waals surface area contributed by atoms with Gasteiger partial charge < -0.3 is 0 Å². The summed E-state index contributed by atoms with van der Waals surface area (Å²) < 4.78 is 5.71. The van der Waals surface area contributed by atoms with E-state index in [1.807, 2.05) is 0 Å². The van der Waals surface area contributed by atoms with Crippen LogP contribution in [0.1, 0.15) is 0 Å². The van der Waals surface area contributed by atoms with Crippen LogP contribution in [0.2, 0.25) is 0 Å². The molecule has 0 aliphatic carbocycles. The van der Waals surface area contributed by atoms with E-state index in [0.29, 0.717) is 0 Å². The first-order valence-electron chi connectivity index (χ1n) is 10.8. The fourth-order valence-electron chi connectivity index (χ4n) is 4.65. The van der Waals surface area contributed by atoms with E-state index in [2.05, 4.69) is 161 Å². The molecule has 5 aromatic carbocycles. The normalized spacial score (nSPS) is 12.6. The molecule has 0 saturated heterocycles. The van der Waals surface area contributed by atoms with Gasteiger partial charge in [-0.1, -0.05) is 0 Å². The molecule has 0 nitrogen and oxygen atoms in total. The Bertz CT molecular complexity index is 1100. The van der Waals surface area contributed by atoms with Gasteiger partial charge in [-0.15, -0.1) is 0 Å². The molecule has 0 spiro atoms. The van der Waals surface area contributed by atoms with Gasteiger partial charge in [-0.05, 0) is 0 Å². The van der Waals surface area contributed by atoms with Crippen molar-refractivity contribution in [2.24, 2.45) is 0 Å². The Morgan fingerprint density at radius 2 is 0.562 bits per heavy atom. The van der Waals surface area contributed by atoms with E-state index in [1.165, 1.54) is 18.9 Å². The molecule has 0 unspecified atom stereocenters. The van der Waals surface area contributed by atoms with Crippen LogP contribution in [0.25, 0.3) is 0 Å². The number of rotatable bonds is 6. The van der Waals surface area contributed by atoms with Gasteiger partial charge in [0.15, 0.2) is 0 Å². The Morgan fingerprint density at radius 3 is 0.844 bits per heavy atom. The van der Waals surface area contributed by atoms with Crippen molar-refractivity contribution < 1.29 is 0 Å². The van der Waals surface area contributed by atoms with Crippen molar-refractivity contribution >= 4 is 38.9 Å². The Hall–Kier alpha value is -2.73. The standard InChI is InChI=1S/C6H6S.4C6H5.Sb/c7-6-4-2-1-3-5-6;4*1-2-4-6-5-3-1;/h1-5,7H;4*1-5H;/q;;;;;+1/p-1. The summed E-state index contributed by atoms with van der Waals surface area (Å²) in [5.41, 5.74) is 0. The van der Waals surface area contributed by atoms with Crippen LogP contribution in [-0.2, 0) is 0 Å². The molecular formula is C30H25SSb. The zero-order chi connectivity index (χ0) is 21.7. The Morgan fingerprint density at radius 1 is 0.312 bits per heavy atom. The molecule has 5 aromatic rings. The summed E-state index contributed by atoms with van der Waals surface area (Å²) in [7, 11) is 2.10.